The molecule has 122 valence electrons. The first kappa shape index (κ1) is 15.1. The van der Waals surface area contributed by atoms with Crippen LogP contribution in [-0.2, 0) is 0 Å². The summed E-state index contributed by atoms with van der Waals surface area (Å²) in [6.07, 6.45) is 1.81. The summed E-state index contributed by atoms with van der Waals surface area (Å²) >= 11 is 0. The van der Waals surface area contributed by atoms with E-state index in [1.54, 1.807) is 12.1 Å². The number of hydrogen-bond donors (Lipinski definition) is 1. The van der Waals surface area contributed by atoms with Crippen LogP contribution in [0.25, 0.3) is 27.8 Å². The number of carboxylic acids is 1. The number of benzene rings is 3. The number of carbonyl (C=O) groups is 1. The third-order valence-corrected chi connectivity index (χ3v) is 4.39. The Morgan fingerprint density at radius 3 is 2.52 bits per heavy atom. The van der Waals surface area contributed by atoms with E-state index in [1.165, 1.54) is 0 Å². The molecule has 0 amide bonds. The van der Waals surface area contributed by atoms with E-state index >= 15 is 0 Å². The third kappa shape index (κ3) is 2.58. The molecule has 0 saturated carbocycles. The molecule has 4 heteroatoms. The maximum Gasteiger partial charge on any atom is 0.336 e. The molecule has 4 rings (SSSR count). The fourth-order valence-corrected chi connectivity index (χ4v) is 3.17. The predicted octanol–water partition coefficient (Wildman–Crippen LogP) is 4.70. The summed E-state index contributed by atoms with van der Waals surface area (Å²) in [6, 6.07) is 21.1. The molecular formula is C21H16N2O2. The van der Waals surface area contributed by atoms with Gasteiger partial charge < -0.3 is 5.11 Å². The summed E-state index contributed by atoms with van der Waals surface area (Å²) in [5, 5.41) is 9.43. The quantitative estimate of drug-likeness (QED) is 0.593. The van der Waals surface area contributed by atoms with Gasteiger partial charge in [0.2, 0.25) is 0 Å². The number of aromatic carboxylic acids is 1. The molecule has 0 saturated heterocycles. The van der Waals surface area contributed by atoms with Crippen molar-refractivity contribution in [2.24, 2.45) is 0 Å². The van der Waals surface area contributed by atoms with Gasteiger partial charge in [-0.25, -0.2) is 9.78 Å². The molecule has 0 spiro atoms. The maximum atomic E-state index is 11.5. The molecule has 0 aliphatic rings. The second kappa shape index (κ2) is 5.91. The van der Waals surface area contributed by atoms with Gasteiger partial charge in [-0.1, -0.05) is 36.4 Å². The molecule has 0 aliphatic carbocycles. The van der Waals surface area contributed by atoms with Gasteiger partial charge in [0.05, 0.1) is 16.6 Å². The highest BCUT2D eigenvalue weighted by Crippen LogP contribution is 2.29. The van der Waals surface area contributed by atoms with Crippen molar-refractivity contribution in [3.8, 4) is 16.8 Å². The van der Waals surface area contributed by atoms with Gasteiger partial charge in [0, 0.05) is 5.69 Å². The Bertz CT molecular complexity index is 1100. The lowest BCUT2D eigenvalue weighted by Gasteiger charge is -2.12. The highest BCUT2D eigenvalue weighted by Gasteiger charge is 2.13. The average molecular weight is 328 g/mol. The number of aromatic nitrogens is 2. The Morgan fingerprint density at radius 1 is 0.960 bits per heavy atom. The standard InChI is InChI=1S/C21H16N2O2/c1-14-12-15(23-13-22-19-8-4-5-9-20(19)23)10-11-16(14)17-6-2-3-7-18(17)21(24)25/h2-13H,1H3,(H,24,25). The van der Waals surface area contributed by atoms with Crippen molar-refractivity contribution in [3.63, 3.8) is 0 Å². The summed E-state index contributed by atoms with van der Waals surface area (Å²) in [5.41, 5.74) is 5.97. The molecule has 3 aromatic carbocycles. The van der Waals surface area contributed by atoms with Gasteiger partial charge >= 0.3 is 5.97 Å². The fraction of sp³-hybridized carbons (Fsp3) is 0.0476. The van der Waals surface area contributed by atoms with E-state index in [4.69, 9.17) is 0 Å². The van der Waals surface area contributed by atoms with Crippen LogP contribution in [0.4, 0.5) is 0 Å². The molecule has 0 aliphatic heterocycles. The zero-order valence-electron chi connectivity index (χ0n) is 13.7. The Hall–Kier alpha value is -3.40. The molecule has 0 radical (unpaired) electrons. The minimum atomic E-state index is -0.917. The minimum absolute atomic E-state index is 0.312. The second-order valence-electron chi connectivity index (χ2n) is 5.95. The molecule has 0 bridgehead atoms. The average Bonchev–Trinajstić information content (AvgIpc) is 3.06. The van der Waals surface area contributed by atoms with E-state index < -0.39 is 5.97 Å². The summed E-state index contributed by atoms with van der Waals surface area (Å²) in [4.78, 5) is 15.9. The third-order valence-electron chi connectivity index (χ3n) is 4.39. The Labute approximate surface area is 145 Å². The van der Waals surface area contributed by atoms with E-state index in [1.807, 2.05) is 66.3 Å². The zero-order chi connectivity index (χ0) is 17.4. The highest BCUT2D eigenvalue weighted by molar-refractivity contribution is 5.96. The number of para-hydroxylation sites is 2. The molecule has 1 N–H and O–H groups in total. The number of aryl methyl sites for hydroxylation is 1. The van der Waals surface area contributed by atoms with Crippen molar-refractivity contribution >= 4 is 17.0 Å². The monoisotopic (exact) mass is 328 g/mol. The van der Waals surface area contributed by atoms with Crippen LogP contribution in [0.15, 0.2) is 73.1 Å². The van der Waals surface area contributed by atoms with Crippen LogP contribution in [0.3, 0.4) is 0 Å². The lowest BCUT2D eigenvalue weighted by molar-refractivity contribution is 0.0697. The summed E-state index contributed by atoms with van der Waals surface area (Å²) in [6.45, 7) is 2.00. The van der Waals surface area contributed by atoms with E-state index in [2.05, 4.69) is 11.1 Å². The lowest BCUT2D eigenvalue weighted by Crippen LogP contribution is -2.00. The smallest absolute Gasteiger partial charge is 0.336 e. The molecular weight excluding hydrogens is 312 g/mol. The number of carboxylic acid groups (broad SMARTS) is 1. The number of imidazole rings is 1. The highest BCUT2D eigenvalue weighted by atomic mass is 16.4. The molecule has 0 fully saturated rings. The zero-order valence-corrected chi connectivity index (χ0v) is 13.7. The Balaban J connectivity index is 1.84. The van der Waals surface area contributed by atoms with E-state index in [-0.39, 0.29) is 0 Å². The normalized spacial score (nSPS) is 10.9. The van der Waals surface area contributed by atoms with Crippen molar-refractivity contribution in [1.29, 1.82) is 0 Å². The first-order chi connectivity index (χ1) is 12.1. The Kier molecular flexibility index (Phi) is 3.58. The number of hydrogen-bond acceptors (Lipinski definition) is 2. The van der Waals surface area contributed by atoms with Crippen LogP contribution in [-0.4, -0.2) is 20.6 Å². The van der Waals surface area contributed by atoms with Gasteiger partial charge in [-0.15, -0.1) is 0 Å². The summed E-state index contributed by atoms with van der Waals surface area (Å²) in [7, 11) is 0. The van der Waals surface area contributed by atoms with E-state index in [0.717, 1.165) is 33.4 Å². The molecule has 0 unspecified atom stereocenters. The lowest BCUT2D eigenvalue weighted by atomic mass is 9.95. The fourth-order valence-electron chi connectivity index (χ4n) is 3.17. The van der Waals surface area contributed by atoms with Crippen LogP contribution in [0.1, 0.15) is 15.9 Å². The van der Waals surface area contributed by atoms with Gasteiger partial charge in [0.25, 0.3) is 0 Å². The van der Waals surface area contributed by atoms with Crippen LogP contribution < -0.4 is 0 Å². The van der Waals surface area contributed by atoms with Crippen molar-refractivity contribution < 1.29 is 9.90 Å². The first-order valence-corrected chi connectivity index (χ1v) is 8.01. The van der Waals surface area contributed by atoms with Gasteiger partial charge in [0.15, 0.2) is 0 Å². The molecule has 1 aromatic heterocycles. The van der Waals surface area contributed by atoms with E-state index in [0.29, 0.717) is 5.56 Å². The molecule has 1 heterocycles. The van der Waals surface area contributed by atoms with Crippen LogP contribution >= 0.6 is 0 Å². The van der Waals surface area contributed by atoms with Crippen molar-refractivity contribution in [1.82, 2.24) is 9.55 Å². The van der Waals surface area contributed by atoms with Crippen LogP contribution in [0.5, 0.6) is 0 Å². The summed E-state index contributed by atoms with van der Waals surface area (Å²) < 4.78 is 2.04. The van der Waals surface area contributed by atoms with Crippen molar-refractivity contribution in [3.05, 3.63) is 84.2 Å². The Morgan fingerprint density at radius 2 is 1.72 bits per heavy atom. The van der Waals surface area contributed by atoms with Crippen LogP contribution in [0, 0.1) is 6.92 Å². The second-order valence-corrected chi connectivity index (χ2v) is 5.95. The topological polar surface area (TPSA) is 55.1 Å². The molecule has 25 heavy (non-hydrogen) atoms. The van der Waals surface area contributed by atoms with Gasteiger partial charge in [-0.3, -0.25) is 4.57 Å². The number of rotatable bonds is 3. The first-order valence-electron chi connectivity index (χ1n) is 8.01. The minimum Gasteiger partial charge on any atom is -0.478 e. The van der Waals surface area contributed by atoms with Crippen LogP contribution in [0.2, 0.25) is 0 Å². The molecule has 4 aromatic rings. The SMILES string of the molecule is Cc1cc(-n2cnc3ccccc32)ccc1-c1ccccc1C(=O)O. The van der Waals surface area contributed by atoms with Gasteiger partial charge in [-0.2, -0.15) is 0 Å². The predicted molar refractivity (Wildman–Crippen MR) is 98.2 cm³/mol. The molecule has 4 nitrogen and oxygen atoms in total. The number of nitrogens with zero attached hydrogens (tertiary/aromatic N) is 2. The molecule has 0 atom stereocenters. The van der Waals surface area contributed by atoms with Crippen molar-refractivity contribution in [2.45, 2.75) is 6.92 Å². The largest absolute Gasteiger partial charge is 0.478 e. The van der Waals surface area contributed by atoms with Gasteiger partial charge in [-0.05, 0) is 53.9 Å². The van der Waals surface area contributed by atoms with E-state index in [9.17, 15) is 9.90 Å². The van der Waals surface area contributed by atoms with Crippen molar-refractivity contribution in [2.75, 3.05) is 0 Å². The number of fused-ring (bicyclic) bond motifs is 1. The summed E-state index contributed by atoms with van der Waals surface area (Å²) in [5.74, 6) is -0.917. The maximum absolute atomic E-state index is 11.5. The van der Waals surface area contributed by atoms with Gasteiger partial charge in [0.1, 0.15) is 6.33 Å².